The van der Waals surface area contributed by atoms with E-state index >= 15 is 0 Å². The molecule has 0 aliphatic heterocycles. The fourth-order valence-corrected chi connectivity index (χ4v) is 2.51. The largest absolute Gasteiger partial charge is 0.508 e. The number of carbonyl (C=O) groups is 1. The molecule has 1 rings (SSSR count). The van der Waals surface area contributed by atoms with Gasteiger partial charge in [0.25, 0.3) is 0 Å². The highest BCUT2D eigenvalue weighted by molar-refractivity contribution is 5.75. The van der Waals surface area contributed by atoms with E-state index in [0.29, 0.717) is 25.4 Å². The van der Waals surface area contributed by atoms with E-state index in [-0.39, 0.29) is 11.7 Å². The van der Waals surface area contributed by atoms with Crippen molar-refractivity contribution in [2.24, 2.45) is 11.7 Å². The van der Waals surface area contributed by atoms with Crippen LogP contribution >= 0.6 is 0 Å². The second-order valence-electron chi connectivity index (χ2n) is 5.54. The molecule has 0 aliphatic carbocycles. The molecular weight excluding hydrogens is 264 g/mol. The summed E-state index contributed by atoms with van der Waals surface area (Å²) in [4.78, 5) is 11.8. The molecule has 0 saturated heterocycles. The summed E-state index contributed by atoms with van der Waals surface area (Å²) in [5.74, 6) is 0.958. The van der Waals surface area contributed by atoms with E-state index in [0.717, 1.165) is 37.7 Å². The zero-order valence-corrected chi connectivity index (χ0v) is 13.0. The maximum Gasteiger partial charge on any atom is 0.220 e. The molecular formula is C17H28N2O2. The standard InChI is InChI=1S/C17H28N2O2/c1-2-3-14(10-12-18)6-9-17(21)19-13-11-15-4-7-16(20)8-5-15/h4-5,7-8,14,20H,2-3,6,9-13,18H2,1H3,(H,19,21). The minimum atomic E-state index is 0.118. The lowest BCUT2D eigenvalue weighted by Gasteiger charge is -2.14. The van der Waals surface area contributed by atoms with E-state index in [1.807, 2.05) is 12.1 Å². The molecule has 1 aromatic carbocycles. The topological polar surface area (TPSA) is 75.4 Å². The van der Waals surface area contributed by atoms with Gasteiger partial charge < -0.3 is 16.2 Å². The fourth-order valence-electron chi connectivity index (χ4n) is 2.51. The van der Waals surface area contributed by atoms with Crippen LogP contribution in [0.4, 0.5) is 0 Å². The number of benzene rings is 1. The van der Waals surface area contributed by atoms with Crippen molar-refractivity contribution in [3.63, 3.8) is 0 Å². The fraction of sp³-hybridized carbons (Fsp3) is 0.588. The highest BCUT2D eigenvalue weighted by Gasteiger charge is 2.09. The molecule has 1 aromatic rings. The monoisotopic (exact) mass is 292 g/mol. The zero-order valence-electron chi connectivity index (χ0n) is 13.0. The first-order valence-corrected chi connectivity index (χ1v) is 7.90. The third-order valence-electron chi connectivity index (χ3n) is 3.72. The first-order valence-electron chi connectivity index (χ1n) is 7.90. The Bertz CT molecular complexity index is 398. The zero-order chi connectivity index (χ0) is 15.5. The summed E-state index contributed by atoms with van der Waals surface area (Å²) in [6, 6.07) is 7.08. The van der Waals surface area contributed by atoms with E-state index in [4.69, 9.17) is 5.73 Å². The first kappa shape index (κ1) is 17.5. The Kier molecular flexibility index (Phi) is 8.51. The van der Waals surface area contributed by atoms with Gasteiger partial charge in [-0.05, 0) is 49.4 Å². The normalized spacial score (nSPS) is 12.1. The highest BCUT2D eigenvalue weighted by Crippen LogP contribution is 2.16. The number of hydrogen-bond donors (Lipinski definition) is 3. The molecule has 4 heteroatoms. The predicted octanol–water partition coefficient (Wildman–Crippen LogP) is 2.60. The summed E-state index contributed by atoms with van der Waals surface area (Å²) >= 11 is 0. The van der Waals surface area contributed by atoms with Crippen molar-refractivity contribution >= 4 is 5.91 Å². The van der Waals surface area contributed by atoms with Crippen LogP contribution in [0.25, 0.3) is 0 Å². The van der Waals surface area contributed by atoms with Crippen LogP contribution in [-0.2, 0) is 11.2 Å². The Hall–Kier alpha value is -1.55. The highest BCUT2D eigenvalue weighted by atomic mass is 16.3. The van der Waals surface area contributed by atoms with Gasteiger partial charge in [-0.3, -0.25) is 4.79 Å². The van der Waals surface area contributed by atoms with Crippen molar-refractivity contribution in [2.75, 3.05) is 13.1 Å². The van der Waals surface area contributed by atoms with E-state index in [1.54, 1.807) is 12.1 Å². The molecule has 1 atom stereocenters. The van der Waals surface area contributed by atoms with Crippen molar-refractivity contribution in [3.05, 3.63) is 29.8 Å². The van der Waals surface area contributed by atoms with Crippen LogP contribution in [0.1, 0.15) is 44.6 Å². The van der Waals surface area contributed by atoms with Crippen LogP contribution in [0.5, 0.6) is 5.75 Å². The molecule has 0 aliphatic rings. The van der Waals surface area contributed by atoms with E-state index in [2.05, 4.69) is 12.2 Å². The molecule has 118 valence electrons. The van der Waals surface area contributed by atoms with Gasteiger partial charge in [-0.15, -0.1) is 0 Å². The lowest BCUT2D eigenvalue weighted by atomic mass is 9.94. The van der Waals surface area contributed by atoms with Crippen LogP contribution in [-0.4, -0.2) is 24.1 Å². The Morgan fingerprint density at radius 3 is 2.57 bits per heavy atom. The Morgan fingerprint density at radius 2 is 1.95 bits per heavy atom. The van der Waals surface area contributed by atoms with Crippen molar-refractivity contribution in [1.29, 1.82) is 0 Å². The Morgan fingerprint density at radius 1 is 1.24 bits per heavy atom. The molecule has 21 heavy (non-hydrogen) atoms. The van der Waals surface area contributed by atoms with Gasteiger partial charge in [0.1, 0.15) is 5.75 Å². The smallest absolute Gasteiger partial charge is 0.220 e. The van der Waals surface area contributed by atoms with Gasteiger partial charge in [0.15, 0.2) is 0 Å². The lowest BCUT2D eigenvalue weighted by molar-refractivity contribution is -0.121. The average Bonchev–Trinajstić information content (AvgIpc) is 2.47. The minimum Gasteiger partial charge on any atom is -0.508 e. The molecule has 4 N–H and O–H groups in total. The van der Waals surface area contributed by atoms with Crippen molar-refractivity contribution in [3.8, 4) is 5.75 Å². The predicted molar refractivity (Wildman–Crippen MR) is 86.1 cm³/mol. The molecule has 0 saturated carbocycles. The summed E-state index contributed by atoms with van der Waals surface area (Å²) in [5.41, 5.74) is 6.71. The average molecular weight is 292 g/mol. The third-order valence-corrected chi connectivity index (χ3v) is 3.72. The quantitative estimate of drug-likeness (QED) is 0.620. The van der Waals surface area contributed by atoms with Crippen LogP contribution in [0.2, 0.25) is 0 Å². The van der Waals surface area contributed by atoms with Crippen LogP contribution in [0.15, 0.2) is 24.3 Å². The van der Waals surface area contributed by atoms with Crippen molar-refractivity contribution in [2.45, 2.75) is 45.4 Å². The number of phenolic OH excluding ortho intramolecular Hbond substituents is 1. The van der Waals surface area contributed by atoms with Gasteiger partial charge in [-0.2, -0.15) is 0 Å². The number of nitrogens with two attached hydrogens (primary N) is 1. The van der Waals surface area contributed by atoms with Crippen molar-refractivity contribution in [1.82, 2.24) is 5.32 Å². The number of phenols is 1. The summed E-state index contributed by atoms with van der Waals surface area (Å²) in [7, 11) is 0. The Balaban J connectivity index is 2.19. The lowest BCUT2D eigenvalue weighted by Crippen LogP contribution is -2.26. The van der Waals surface area contributed by atoms with Gasteiger partial charge in [0.05, 0.1) is 0 Å². The van der Waals surface area contributed by atoms with Gasteiger partial charge in [0, 0.05) is 13.0 Å². The van der Waals surface area contributed by atoms with E-state index < -0.39 is 0 Å². The maximum absolute atomic E-state index is 11.8. The molecule has 0 bridgehead atoms. The number of amides is 1. The summed E-state index contributed by atoms with van der Waals surface area (Å²) in [6.07, 6.45) is 5.60. The van der Waals surface area contributed by atoms with E-state index in [9.17, 15) is 9.90 Å². The number of aromatic hydroxyl groups is 1. The second-order valence-corrected chi connectivity index (χ2v) is 5.54. The molecule has 0 aromatic heterocycles. The van der Waals surface area contributed by atoms with Gasteiger partial charge in [-0.1, -0.05) is 31.9 Å². The first-order chi connectivity index (χ1) is 10.2. The Labute approximate surface area is 127 Å². The van der Waals surface area contributed by atoms with Gasteiger partial charge in [0.2, 0.25) is 5.91 Å². The molecule has 1 amide bonds. The number of carbonyl (C=O) groups excluding carboxylic acids is 1. The summed E-state index contributed by atoms with van der Waals surface area (Å²) < 4.78 is 0. The molecule has 0 spiro atoms. The number of nitrogens with one attached hydrogen (secondary N) is 1. The second kappa shape index (κ2) is 10.2. The molecule has 0 heterocycles. The molecule has 4 nitrogen and oxygen atoms in total. The maximum atomic E-state index is 11.8. The number of rotatable bonds is 10. The van der Waals surface area contributed by atoms with E-state index in [1.165, 1.54) is 0 Å². The van der Waals surface area contributed by atoms with Crippen LogP contribution in [0.3, 0.4) is 0 Å². The number of hydrogen-bond acceptors (Lipinski definition) is 3. The SMILES string of the molecule is CCCC(CCN)CCC(=O)NCCc1ccc(O)cc1. The van der Waals surface area contributed by atoms with Crippen LogP contribution in [0, 0.1) is 5.92 Å². The van der Waals surface area contributed by atoms with Crippen LogP contribution < -0.4 is 11.1 Å². The minimum absolute atomic E-state index is 0.118. The van der Waals surface area contributed by atoms with Gasteiger partial charge in [-0.25, -0.2) is 0 Å². The van der Waals surface area contributed by atoms with Gasteiger partial charge >= 0.3 is 0 Å². The summed E-state index contributed by atoms with van der Waals surface area (Å²) in [6.45, 7) is 3.51. The summed E-state index contributed by atoms with van der Waals surface area (Å²) in [5, 5.41) is 12.2. The molecule has 1 unspecified atom stereocenters. The molecule has 0 radical (unpaired) electrons. The molecule has 0 fully saturated rings. The third kappa shape index (κ3) is 7.71. The van der Waals surface area contributed by atoms with Crippen molar-refractivity contribution < 1.29 is 9.90 Å².